The van der Waals surface area contributed by atoms with Gasteiger partial charge in [0.05, 0.1) is 16.8 Å². The lowest BCUT2D eigenvalue weighted by Gasteiger charge is -2.57. The molecule has 4 saturated carbocycles. The van der Waals surface area contributed by atoms with Crippen LogP contribution in [-0.2, 0) is 15.7 Å². The number of alkyl halides is 3. The van der Waals surface area contributed by atoms with E-state index in [1.807, 2.05) is 0 Å². The number of esters is 1. The molecule has 2 aromatic carbocycles. The van der Waals surface area contributed by atoms with E-state index in [4.69, 9.17) is 4.74 Å². The van der Waals surface area contributed by atoms with Crippen molar-refractivity contribution >= 4 is 23.3 Å². The third kappa shape index (κ3) is 5.02. The van der Waals surface area contributed by atoms with E-state index in [9.17, 15) is 22.8 Å². The first-order valence-corrected chi connectivity index (χ1v) is 12.2. The fourth-order valence-corrected chi connectivity index (χ4v) is 6.60. The summed E-state index contributed by atoms with van der Waals surface area (Å²) >= 11 is 0. The van der Waals surface area contributed by atoms with Crippen molar-refractivity contribution < 1.29 is 27.5 Å². The molecule has 4 aliphatic carbocycles. The molecule has 4 fully saturated rings. The predicted molar refractivity (Wildman–Crippen MR) is 125 cm³/mol. The molecule has 0 heterocycles. The van der Waals surface area contributed by atoms with Gasteiger partial charge in [-0.15, -0.1) is 0 Å². The molecule has 4 aliphatic rings. The number of nitrogens with one attached hydrogen (secondary N) is 2. The van der Waals surface area contributed by atoms with Crippen LogP contribution in [0.1, 0.15) is 61.4 Å². The van der Waals surface area contributed by atoms with Gasteiger partial charge in [-0.1, -0.05) is 18.2 Å². The van der Waals surface area contributed by atoms with Crippen molar-refractivity contribution in [2.45, 2.75) is 63.3 Å². The first-order chi connectivity index (χ1) is 16.6. The molecule has 0 aromatic heterocycles. The fraction of sp³-hybridized carbons (Fsp3) is 0.481. The number of carbonyl (C=O) groups is 2. The standard InChI is InChI=1S/C27H29F3N2O3/c1-16(24(33)32-26-13-17-9-18(14-26)11-19(10-17)15-26)35-25(34)22-7-2-3-8-23(22)31-21-6-4-5-20(12-21)27(28,29)30/h2-8,12,16-19,31H,9-11,13-15H2,1H3,(H,32,33)/t16-,17?,18?,19?,26?/m0/s1. The lowest BCUT2D eigenvalue weighted by atomic mass is 9.53. The van der Waals surface area contributed by atoms with Crippen LogP contribution >= 0.6 is 0 Å². The van der Waals surface area contributed by atoms with E-state index < -0.39 is 23.8 Å². The summed E-state index contributed by atoms with van der Waals surface area (Å²) in [6, 6.07) is 11.1. The van der Waals surface area contributed by atoms with E-state index in [1.54, 1.807) is 25.1 Å². The first kappa shape index (κ1) is 23.7. The molecule has 0 aliphatic heterocycles. The Kier molecular flexibility index (Phi) is 6.01. The molecule has 0 saturated heterocycles. The Bertz CT molecular complexity index is 1100. The maximum Gasteiger partial charge on any atom is 0.416 e. The number of benzene rings is 2. The molecule has 1 amide bonds. The minimum atomic E-state index is -4.48. The average Bonchev–Trinajstić information content (AvgIpc) is 2.77. The summed E-state index contributed by atoms with van der Waals surface area (Å²) in [6.07, 6.45) is 1.30. The molecule has 4 bridgehead atoms. The van der Waals surface area contributed by atoms with E-state index >= 15 is 0 Å². The number of hydrogen-bond donors (Lipinski definition) is 2. The molecular formula is C27H29F3N2O3. The molecule has 0 radical (unpaired) electrons. The summed E-state index contributed by atoms with van der Waals surface area (Å²) in [5.74, 6) is 1.01. The highest BCUT2D eigenvalue weighted by Crippen LogP contribution is 2.55. The van der Waals surface area contributed by atoms with Crippen LogP contribution in [0.25, 0.3) is 0 Å². The quantitative estimate of drug-likeness (QED) is 0.486. The monoisotopic (exact) mass is 486 g/mol. The third-order valence-corrected chi connectivity index (χ3v) is 7.70. The van der Waals surface area contributed by atoms with Crippen LogP contribution < -0.4 is 10.6 Å². The fourth-order valence-electron chi connectivity index (χ4n) is 6.60. The Balaban J connectivity index is 1.25. The highest BCUT2D eigenvalue weighted by Gasteiger charge is 2.51. The zero-order chi connectivity index (χ0) is 24.8. The van der Waals surface area contributed by atoms with Crippen LogP contribution in [0.15, 0.2) is 48.5 Å². The van der Waals surface area contributed by atoms with Crippen molar-refractivity contribution in [3.05, 3.63) is 59.7 Å². The summed E-state index contributed by atoms with van der Waals surface area (Å²) in [7, 11) is 0. The number of amides is 1. The minimum absolute atomic E-state index is 0.138. The Morgan fingerprint density at radius 3 is 2.23 bits per heavy atom. The Morgan fingerprint density at radius 1 is 0.971 bits per heavy atom. The highest BCUT2D eigenvalue weighted by atomic mass is 19.4. The number of halogens is 3. The van der Waals surface area contributed by atoms with Gasteiger partial charge >= 0.3 is 12.1 Å². The van der Waals surface area contributed by atoms with Crippen LogP contribution in [0, 0.1) is 17.8 Å². The van der Waals surface area contributed by atoms with Gasteiger partial charge in [-0.2, -0.15) is 13.2 Å². The Morgan fingerprint density at radius 2 is 1.60 bits per heavy atom. The van der Waals surface area contributed by atoms with Crippen molar-refractivity contribution in [3.63, 3.8) is 0 Å². The van der Waals surface area contributed by atoms with Crippen molar-refractivity contribution in [1.82, 2.24) is 5.32 Å². The number of ether oxygens (including phenoxy) is 1. The van der Waals surface area contributed by atoms with Crippen LogP contribution in [0.2, 0.25) is 0 Å². The predicted octanol–water partition coefficient (Wildman–Crippen LogP) is 6.08. The van der Waals surface area contributed by atoms with Gasteiger partial charge in [0, 0.05) is 11.2 Å². The summed E-state index contributed by atoms with van der Waals surface area (Å²) in [6.45, 7) is 1.55. The maximum atomic E-state index is 13.1. The largest absolute Gasteiger partial charge is 0.449 e. The van der Waals surface area contributed by atoms with Crippen molar-refractivity contribution in [1.29, 1.82) is 0 Å². The Hall–Kier alpha value is -3.03. The van der Waals surface area contributed by atoms with Crippen molar-refractivity contribution in [3.8, 4) is 0 Å². The number of anilines is 2. The van der Waals surface area contributed by atoms with Crippen LogP contribution in [0.5, 0.6) is 0 Å². The molecule has 2 aromatic rings. The lowest BCUT2D eigenvalue weighted by Crippen LogP contribution is -2.61. The van der Waals surface area contributed by atoms with Gasteiger partial charge in [0.15, 0.2) is 6.10 Å². The second kappa shape index (κ2) is 8.88. The number of rotatable bonds is 6. The molecule has 186 valence electrons. The number of carbonyl (C=O) groups excluding carboxylic acids is 2. The van der Waals surface area contributed by atoms with E-state index in [1.165, 1.54) is 37.5 Å². The second-order valence-corrected chi connectivity index (χ2v) is 10.5. The van der Waals surface area contributed by atoms with E-state index in [2.05, 4.69) is 10.6 Å². The van der Waals surface area contributed by atoms with Gasteiger partial charge in [0.1, 0.15) is 0 Å². The van der Waals surface area contributed by atoms with Gasteiger partial charge in [-0.05, 0) is 93.5 Å². The van der Waals surface area contributed by atoms with Crippen LogP contribution in [0.3, 0.4) is 0 Å². The summed E-state index contributed by atoms with van der Waals surface area (Å²) in [5.41, 5.74) is -0.356. The molecule has 0 spiro atoms. The lowest BCUT2D eigenvalue weighted by molar-refractivity contribution is -0.137. The molecule has 5 nitrogen and oxygen atoms in total. The van der Waals surface area contributed by atoms with Crippen molar-refractivity contribution in [2.24, 2.45) is 17.8 Å². The normalized spacial score (nSPS) is 27.8. The van der Waals surface area contributed by atoms with E-state index in [0.29, 0.717) is 23.4 Å². The van der Waals surface area contributed by atoms with E-state index in [0.717, 1.165) is 31.4 Å². The minimum Gasteiger partial charge on any atom is -0.449 e. The molecule has 8 heteroatoms. The number of para-hydroxylation sites is 1. The second-order valence-electron chi connectivity index (χ2n) is 10.5. The smallest absolute Gasteiger partial charge is 0.416 e. The summed E-state index contributed by atoms with van der Waals surface area (Å²) < 4.78 is 44.7. The van der Waals surface area contributed by atoms with Gasteiger partial charge in [0.25, 0.3) is 5.91 Å². The van der Waals surface area contributed by atoms with Gasteiger partial charge < -0.3 is 15.4 Å². The molecule has 35 heavy (non-hydrogen) atoms. The molecule has 6 rings (SSSR count). The molecule has 2 N–H and O–H groups in total. The van der Waals surface area contributed by atoms with Crippen LogP contribution in [0.4, 0.5) is 24.5 Å². The molecular weight excluding hydrogens is 457 g/mol. The zero-order valence-corrected chi connectivity index (χ0v) is 19.5. The Labute approximate surface area is 202 Å². The summed E-state index contributed by atoms with van der Waals surface area (Å²) in [4.78, 5) is 25.9. The van der Waals surface area contributed by atoms with Crippen LogP contribution in [-0.4, -0.2) is 23.5 Å². The SMILES string of the molecule is C[C@H](OC(=O)c1ccccc1Nc1cccc(C(F)(F)F)c1)C(=O)NC12CC3CC(CC(C3)C1)C2. The van der Waals surface area contributed by atoms with Gasteiger partial charge in [0.2, 0.25) is 0 Å². The summed E-state index contributed by atoms with van der Waals surface area (Å²) in [5, 5.41) is 6.09. The molecule has 0 unspecified atom stereocenters. The maximum absolute atomic E-state index is 13.1. The molecule has 1 atom stereocenters. The highest BCUT2D eigenvalue weighted by molar-refractivity contribution is 5.98. The van der Waals surface area contributed by atoms with Gasteiger partial charge in [-0.25, -0.2) is 4.79 Å². The topological polar surface area (TPSA) is 67.4 Å². The van der Waals surface area contributed by atoms with Crippen molar-refractivity contribution in [2.75, 3.05) is 5.32 Å². The van der Waals surface area contributed by atoms with E-state index in [-0.39, 0.29) is 22.7 Å². The average molecular weight is 487 g/mol. The first-order valence-electron chi connectivity index (χ1n) is 12.2. The third-order valence-electron chi connectivity index (χ3n) is 7.70. The van der Waals surface area contributed by atoms with Gasteiger partial charge in [-0.3, -0.25) is 4.79 Å². The zero-order valence-electron chi connectivity index (χ0n) is 19.5. The number of hydrogen-bond acceptors (Lipinski definition) is 4.